The molecule has 1 aliphatic rings. The first kappa shape index (κ1) is 23.5. The number of carbonyl (C=O) groups excluding carboxylic acids is 1. The third kappa shape index (κ3) is 4.18. The second kappa shape index (κ2) is 9.79. The molecule has 2 heterocycles. The van der Waals surface area contributed by atoms with Crippen LogP contribution in [0.2, 0.25) is 0 Å². The minimum absolute atomic E-state index is 0.0280. The van der Waals surface area contributed by atoms with Crippen LogP contribution in [-0.4, -0.2) is 45.2 Å². The maximum Gasteiger partial charge on any atom is 0.258 e. The summed E-state index contributed by atoms with van der Waals surface area (Å²) in [5, 5.41) is 22.6. The third-order valence-electron chi connectivity index (χ3n) is 6.41. The van der Waals surface area contributed by atoms with Crippen molar-refractivity contribution in [2.45, 2.75) is 25.2 Å². The molecule has 36 heavy (non-hydrogen) atoms. The number of benzene rings is 3. The molecule has 0 fully saturated rings. The molecule has 5 rings (SSSR count). The Hall–Kier alpha value is -4.24. The number of halogens is 1. The number of anilines is 3. The van der Waals surface area contributed by atoms with Crippen LogP contribution < -0.4 is 15.5 Å². The molecule has 3 aromatic carbocycles. The van der Waals surface area contributed by atoms with Crippen molar-refractivity contribution in [1.29, 1.82) is 0 Å². The van der Waals surface area contributed by atoms with Gasteiger partial charge < -0.3 is 15.3 Å². The lowest BCUT2D eigenvalue weighted by molar-refractivity contribution is 0.0591. The maximum atomic E-state index is 13.8. The van der Waals surface area contributed by atoms with Gasteiger partial charge in [-0.3, -0.25) is 14.8 Å². The minimum Gasteiger partial charge on any atom is -0.376 e. The van der Waals surface area contributed by atoms with Crippen LogP contribution in [0.5, 0.6) is 0 Å². The third-order valence-corrected chi connectivity index (χ3v) is 6.41. The minimum atomic E-state index is -1.50. The summed E-state index contributed by atoms with van der Waals surface area (Å²) in [6.07, 6.45) is 0.831. The topological polar surface area (TPSA) is 95.3 Å². The van der Waals surface area contributed by atoms with E-state index in [1.807, 2.05) is 67.6 Å². The fraction of sp³-hybridized carbons (Fsp3) is 0.222. The summed E-state index contributed by atoms with van der Waals surface area (Å²) in [6.45, 7) is 1.96. The van der Waals surface area contributed by atoms with Crippen LogP contribution in [0.3, 0.4) is 0 Å². The number of nitrogens with zero attached hydrogens (tertiary/aromatic N) is 4. The Morgan fingerprint density at radius 3 is 2.33 bits per heavy atom. The van der Waals surface area contributed by atoms with Crippen molar-refractivity contribution >= 4 is 23.2 Å². The van der Waals surface area contributed by atoms with Crippen molar-refractivity contribution in [2.75, 3.05) is 28.8 Å². The number of hydrogen-bond acceptors (Lipinski definition) is 6. The van der Waals surface area contributed by atoms with E-state index in [4.69, 9.17) is 0 Å². The molecule has 1 aliphatic heterocycles. The van der Waals surface area contributed by atoms with Gasteiger partial charge in [0.15, 0.2) is 5.60 Å². The smallest absolute Gasteiger partial charge is 0.258 e. The molecule has 8 nitrogen and oxygen atoms in total. The van der Waals surface area contributed by atoms with E-state index in [0.29, 0.717) is 34.6 Å². The van der Waals surface area contributed by atoms with E-state index in [1.54, 1.807) is 34.1 Å². The molecule has 9 heteroatoms. The summed E-state index contributed by atoms with van der Waals surface area (Å²) in [5.41, 5.74) is 1.53. The largest absolute Gasteiger partial charge is 0.376 e. The SMILES string of the molecule is CCn1cnc(NC(=O)c2ccc3c(c2)N(CCF)C(C(O)(c2ccccc2)c2ccccc2)N3)n1. The van der Waals surface area contributed by atoms with E-state index in [-0.39, 0.29) is 18.4 Å². The Kier molecular flexibility index (Phi) is 6.39. The van der Waals surface area contributed by atoms with Crippen molar-refractivity contribution < 1.29 is 14.3 Å². The fourth-order valence-corrected chi connectivity index (χ4v) is 4.61. The lowest BCUT2D eigenvalue weighted by Crippen LogP contribution is -2.53. The Morgan fingerprint density at radius 2 is 1.75 bits per heavy atom. The average molecular weight is 487 g/mol. The quantitative estimate of drug-likeness (QED) is 0.348. The summed E-state index contributed by atoms with van der Waals surface area (Å²) in [7, 11) is 0. The maximum absolute atomic E-state index is 13.8. The molecule has 0 spiro atoms. The van der Waals surface area contributed by atoms with E-state index in [2.05, 4.69) is 20.7 Å². The highest BCUT2D eigenvalue weighted by Gasteiger charge is 2.47. The van der Waals surface area contributed by atoms with Gasteiger partial charge in [0, 0.05) is 18.7 Å². The lowest BCUT2D eigenvalue weighted by Gasteiger charge is -2.40. The van der Waals surface area contributed by atoms with Gasteiger partial charge in [-0.05, 0) is 36.2 Å². The van der Waals surface area contributed by atoms with Crippen molar-refractivity contribution in [1.82, 2.24) is 14.8 Å². The Balaban J connectivity index is 1.52. The molecule has 0 saturated carbocycles. The number of fused-ring (bicyclic) bond motifs is 1. The standard InChI is InChI=1S/C27H27FN6O2/c1-2-33-18-29-26(32-33)31-24(35)19-13-14-22-23(17-19)34(16-15-28)25(30-22)27(36,20-9-5-3-6-10-20)21-11-7-4-8-12-21/h3-14,17-18,25,30,36H,2,15-16H2,1H3,(H,31,32,35). The zero-order valence-electron chi connectivity index (χ0n) is 19.8. The molecular weight excluding hydrogens is 459 g/mol. The van der Waals surface area contributed by atoms with E-state index in [9.17, 15) is 14.3 Å². The molecule has 4 aromatic rings. The van der Waals surface area contributed by atoms with Gasteiger partial charge in [-0.15, -0.1) is 5.10 Å². The van der Waals surface area contributed by atoms with Crippen molar-refractivity contribution in [3.8, 4) is 0 Å². The number of aryl methyl sites for hydroxylation is 1. The molecule has 1 unspecified atom stereocenters. The van der Waals surface area contributed by atoms with Gasteiger partial charge in [-0.2, -0.15) is 0 Å². The Morgan fingerprint density at radius 1 is 1.08 bits per heavy atom. The van der Waals surface area contributed by atoms with Gasteiger partial charge in [-0.1, -0.05) is 60.7 Å². The molecule has 0 aliphatic carbocycles. The number of nitrogens with one attached hydrogen (secondary N) is 2. The van der Waals surface area contributed by atoms with Crippen LogP contribution in [0.15, 0.2) is 85.2 Å². The second-order valence-electron chi connectivity index (χ2n) is 8.54. The lowest BCUT2D eigenvalue weighted by atomic mass is 9.83. The highest BCUT2D eigenvalue weighted by Crippen LogP contribution is 2.44. The summed E-state index contributed by atoms with van der Waals surface area (Å²) in [6, 6.07) is 23.8. The summed E-state index contributed by atoms with van der Waals surface area (Å²) in [5.74, 6) is -0.168. The summed E-state index contributed by atoms with van der Waals surface area (Å²) < 4.78 is 15.5. The molecular formula is C27H27FN6O2. The number of aliphatic hydroxyl groups is 1. The van der Waals surface area contributed by atoms with Gasteiger partial charge in [0.25, 0.3) is 5.91 Å². The van der Waals surface area contributed by atoms with Crippen LogP contribution in [0.25, 0.3) is 0 Å². The Bertz CT molecular complexity index is 1310. The van der Waals surface area contributed by atoms with Gasteiger partial charge in [-0.25, -0.2) is 9.37 Å². The van der Waals surface area contributed by atoms with E-state index < -0.39 is 18.4 Å². The molecule has 0 radical (unpaired) electrons. The highest BCUT2D eigenvalue weighted by molar-refractivity contribution is 6.04. The number of aromatic nitrogens is 3. The second-order valence-corrected chi connectivity index (χ2v) is 8.54. The Labute approximate surface area is 208 Å². The monoisotopic (exact) mass is 486 g/mol. The van der Waals surface area contributed by atoms with Crippen molar-refractivity contribution in [3.63, 3.8) is 0 Å². The molecule has 1 aromatic heterocycles. The van der Waals surface area contributed by atoms with Gasteiger partial charge in [0.2, 0.25) is 5.95 Å². The normalized spacial score (nSPS) is 14.9. The van der Waals surface area contributed by atoms with Gasteiger partial charge in [0.05, 0.1) is 11.4 Å². The summed E-state index contributed by atoms with van der Waals surface area (Å²) >= 11 is 0. The van der Waals surface area contributed by atoms with E-state index in [0.717, 1.165) is 0 Å². The highest BCUT2D eigenvalue weighted by atomic mass is 19.1. The van der Waals surface area contributed by atoms with E-state index in [1.165, 1.54) is 0 Å². The predicted octanol–water partition coefficient (Wildman–Crippen LogP) is 4.01. The van der Waals surface area contributed by atoms with Crippen LogP contribution in [0.1, 0.15) is 28.4 Å². The molecule has 1 atom stereocenters. The van der Waals surface area contributed by atoms with E-state index >= 15 is 0 Å². The zero-order chi connectivity index (χ0) is 25.1. The number of amides is 1. The average Bonchev–Trinajstić information content (AvgIpc) is 3.53. The van der Waals surface area contributed by atoms with Crippen molar-refractivity contribution in [2.24, 2.45) is 0 Å². The molecule has 1 amide bonds. The van der Waals surface area contributed by atoms with Crippen LogP contribution in [0.4, 0.5) is 21.7 Å². The molecule has 3 N–H and O–H groups in total. The summed E-state index contributed by atoms with van der Waals surface area (Å²) in [4.78, 5) is 18.8. The van der Waals surface area contributed by atoms with Gasteiger partial charge >= 0.3 is 0 Å². The van der Waals surface area contributed by atoms with Gasteiger partial charge in [0.1, 0.15) is 19.2 Å². The number of alkyl halides is 1. The van der Waals surface area contributed by atoms with Crippen LogP contribution >= 0.6 is 0 Å². The first-order chi connectivity index (χ1) is 17.5. The van der Waals surface area contributed by atoms with Crippen molar-refractivity contribution in [3.05, 3.63) is 102 Å². The number of rotatable bonds is 8. The zero-order valence-corrected chi connectivity index (χ0v) is 19.8. The fourth-order valence-electron chi connectivity index (χ4n) is 4.61. The first-order valence-corrected chi connectivity index (χ1v) is 11.8. The molecule has 0 bridgehead atoms. The first-order valence-electron chi connectivity index (χ1n) is 11.8. The van der Waals surface area contributed by atoms with Crippen LogP contribution in [0, 0.1) is 0 Å². The molecule has 0 saturated heterocycles. The van der Waals surface area contributed by atoms with Crippen LogP contribution in [-0.2, 0) is 12.1 Å². The molecule has 184 valence electrons. The predicted molar refractivity (Wildman–Crippen MR) is 137 cm³/mol. The number of carbonyl (C=O) groups is 1. The number of hydrogen-bond donors (Lipinski definition) is 3.